The van der Waals surface area contributed by atoms with Crippen LogP contribution in [0.3, 0.4) is 0 Å². The maximum atomic E-state index is 11.8. The summed E-state index contributed by atoms with van der Waals surface area (Å²) in [5.74, 6) is -0.0235. The number of hydrogen-bond acceptors (Lipinski definition) is 4. The van der Waals surface area contributed by atoms with E-state index in [-0.39, 0.29) is 18.0 Å². The lowest BCUT2D eigenvalue weighted by atomic mass is 10.00. The molecule has 0 aliphatic carbocycles. The molecule has 0 aromatic heterocycles. The van der Waals surface area contributed by atoms with E-state index < -0.39 is 0 Å². The molecule has 0 radical (unpaired) electrons. The van der Waals surface area contributed by atoms with Gasteiger partial charge in [-0.25, -0.2) is 0 Å². The van der Waals surface area contributed by atoms with Gasteiger partial charge in [-0.1, -0.05) is 6.08 Å². The molecule has 19 heavy (non-hydrogen) atoms. The van der Waals surface area contributed by atoms with Gasteiger partial charge in [0.15, 0.2) is 0 Å². The van der Waals surface area contributed by atoms with Gasteiger partial charge >= 0.3 is 0 Å². The van der Waals surface area contributed by atoms with E-state index >= 15 is 0 Å². The molecule has 1 heterocycles. The molecule has 0 unspecified atom stereocenters. The summed E-state index contributed by atoms with van der Waals surface area (Å²) >= 11 is 0. The zero-order valence-electron chi connectivity index (χ0n) is 12.6. The number of nitrogens with zero attached hydrogens (tertiary/aromatic N) is 2. The van der Waals surface area contributed by atoms with E-state index in [1.807, 2.05) is 25.1 Å². The zero-order valence-corrected chi connectivity index (χ0v) is 12.6. The van der Waals surface area contributed by atoms with Crippen LogP contribution in [0, 0.1) is 0 Å². The number of carbonyl (C=O) groups excluding carboxylic acids is 1. The fraction of sp³-hybridized carbons (Fsp3) is 0.786. The van der Waals surface area contributed by atoms with Crippen molar-refractivity contribution in [2.75, 3.05) is 33.7 Å². The maximum Gasteiger partial charge on any atom is 0.243 e. The highest BCUT2D eigenvalue weighted by molar-refractivity contribution is 5.87. The van der Waals surface area contributed by atoms with Gasteiger partial charge < -0.3 is 16.0 Å². The van der Waals surface area contributed by atoms with Gasteiger partial charge in [0.2, 0.25) is 5.91 Å². The molecule has 0 saturated carbocycles. The summed E-state index contributed by atoms with van der Waals surface area (Å²) in [6, 6.07) is 0.768. The molecule has 5 nitrogen and oxygen atoms in total. The highest BCUT2D eigenvalue weighted by Crippen LogP contribution is 2.12. The fourth-order valence-electron chi connectivity index (χ4n) is 2.32. The van der Waals surface area contributed by atoms with Crippen LogP contribution >= 0.6 is 0 Å². The number of likely N-dealkylation sites (tertiary alicyclic amines) is 1. The van der Waals surface area contributed by atoms with Crippen molar-refractivity contribution in [3.8, 4) is 0 Å². The quantitative estimate of drug-likeness (QED) is 0.691. The number of piperidine rings is 1. The fourth-order valence-corrected chi connectivity index (χ4v) is 2.32. The SMILES string of the molecule is CC(C)N1C[C@@H](N)C[C@@H](NC(=O)/C=C/CN(C)C)C1. The van der Waals surface area contributed by atoms with Gasteiger partial charge in [-0.3, -0.25) is 9.69 Å². The minimum absolute atomic E-state index is 0.0235. The molecule has 1 aliphatic rings. The smallest absolute Gasteiger partial charge is 0.243 e. The molecule has 110 valence electrons. The van der Waals surface area contributed by atoms with Gasteiger partial charge in [0.05, 0.1) is 0 Å². The third-order valence-corrected chi connectivity index (χ3v) is 3.33. The van der Waals surface area contributed by atoms with Gasteiger partial charge in [0.25, 0.3) is 0 Å². The average molecular weight is 268 g/mol. The van der Waals surface area contributed by atoms with Crippen LogP contribution in [0.5, 0.6) is 0 Å². The van der Waals surface area contributed by atoms with Gasteiger partial charge in [0, 0.05) is 43.8 Å². The van der Waals surface area contributed by atoms with Crippen LogP contribution in [0.15, 0.2) is 12.2 Å². The Morgan fingerprint density at radius 2 is 2.16 bits per heavy atom. The van der Waals surface area contributed by atoms with E-state index in [9.17, 15) is 4.79 Å². The van der Waals surface area contributed by atoms with Gasteiger partial charge in [-0.15, -0.1) is 0 Å². The summed E-state index contributed by atoms with van der Waals surface area (Å²) in [4.78, 5) is 16.1. The molecule has 0 bridgehead atoms. The molecule has 3 N–H and O–H groups in total. The lowest BCUT2D eigenvalue weighted by Crippen LogP contribution is -2.56. The first-order valence-electron chi connectivity index (χ1n) is 7.00. The Morgan fingerprint density at radius 1 is 1.47 bits per heavy atom. The van der Waals surface area contributed by atoms with Crippen molar-refractivity contribution in [3.05, 3.63) is 12.2 Å². The number of rotatable bonds is 5. The Labute approximate surface area is 116 Å². The molecule has 2 atom stereocenters. The summed E-state index contributed by atoms with van der Waals surface area (Å²) in [5.41, 5.74) is 6.05. The molecule has 1 aliphatic heterocycles. The lowest BCUT2D eigenvalue weighted by Gasteiger charge is -2.38. The Bertz CT molecular complexity index is 315. The van der Waals surface area contributed by atoms with Crippen molar-refractivity contribution < 1.29 is 4.79 Å². The normalized spacial score (nSPS) is 25.4. The summed E-state index contributed by atoms with van der Waals surface area (Å²) in [6.45, 7) is 6.90. The maximum absolute atomic E-state index is 11.8. The molecule has 1 amide bonds. The van der Waals surface area contributed by atoms with Gasteiger partial charge in [-0.2, -0.15) is 0 Å². The molecule has 1 fully saturated rings. The number of hydrogen-bond donors (Lipinski definition) is 2. The first kappa shape index (κ1) is 16.1. The largest absolute Gasteiger partial charge is 0.348 e. The van der Waals surface area contributed by atoms with Crippen molar-refractivity contribution in [2.45, 2.75) is 38.4 Å². The Hall–Kier alpha value is -0.910. The standard InChI is InChI=1S/C14H28N4O/c1-11(2)18-9-12(15)8-13(10-18)16-14(19)6-5-7-17(3)4/h5-6,11-13H,7-10,15H2,1-4H3,(H,16,19)/b6-5+/t12-,13+/m0/s1. The van der Waals surface area contributed by atoms with Crippen LogP contribution in [0.4, 0.5) is 0 Å². The predicted octanol–water partition coefficient (Wildman–Crippen LogP) is 0.0304. The Morgan fingerprint density at radius 3 is 2.74 bits per heavy atom. The van der Waals surface area contributed by atoms with Gasteiger partial charge in [-0.05, 0) is 34.4 Å². The topological polar surface area (TPSA) is 61.6 Å². The zero-order chi connectivity index (χ0) is 14.4. The highest BCUT2D eigenvalue weighted by atomic mass is 16.1. The lowest BCUT2D eigenvalue weighted by molar-refractivity contribution is -0.117. The van der Waals surface area contributed by atoms with Crippen LogP contribution in [-0.4, -0.2) is 67.6 Å². The van der Waals surface area contributed by atoms with Crippen molar-refractivity contribution in [2.24, 2.45) is 5.73 Å². The third-order valence-electron chi connectivity index (χ3n) is 3.33. The molecule has 1 rings (SSSR count). The molecule has 5 heteroatoms. The Kier molecular flexibility index (Phi) is 6.48. The van der Waals surface area contributed by atoms with Crippen LogP contribution < -0.4 is 11.1 Å². The van der Waals surface area contributed by atoms with Gasteiger partial charge in [0.1, 0.15) is 0 Å². The second-order valence-electron chi connectivity index (χ2n) is 5.91. The van der Waals surface area contributed by atoms with Crippen LogP contribution in [0.1, 0.15) is 20.3 Å². The number of amides is 1. The summed E-state index contributed by atoms with van der Waals surface area (Å²) in [7, 11) is 3.95. The van der Waals surface area contributed by atoms with E-state index in [1.165, 1.54) is 0 Å². The molecule has 0 aromatic rings. The first-order valence-corrected chi connectivity index (χ1v) is 7.00. The highest BCUT2D eigenvalue weighted by Gasteiger charge is 2.26. The number of nitrogens with one attached hydrogen (secondary N) is 1. The first-order chi connectivity index (χ1) is 8.88. The monoisotopic (exact) mass is 268 g/mol. The third kappa shape index (κ3) is 6.18. The van der Waals surface area contributed by atoms with E-state index in [1.54, 1.807) is 6.08 Å². The average Bonchev–Trinajstić information content (AvgIpc) is 2.27. The number of carbonyl (C=O) groups is 1. The van der Waals surface area contributed by atoms with E-state index in [0.29, 0.717) is 6.04 Å². The molecule has 0 spiro atoms. The van der Waals surface area contributed by atoms with Crippen molar-refractivity contribution in [3.63, 3.8) is 0 Å². The summed E-state index contributed by atoms with van der Waals surface area (Å²) in [5, 5.41) is 3.04. The van der Waals surface area contributed by atoms with Crippen LogP contribution in [0.2, 0.25) is 0 Å². The predicted molar refractivity (Wildman–Crippen MR) is 78.9 cm³/mol. The molecule has 1 saturated heterocycles. The van der Waals surface area contributed by atoms with E-state index in [4.69, 9.17) is 5.73 Å². The minimum Gasteiger partial charge on any atom is -0.348 e. The molecular weight excluding hydrogens is 240 g/mol. The second-order valence-corrected chi connectivity index (χ2v) is 5.91. The summed E-state index contributed by atoms with van der Waals surface area (Å²) < 4.78 is 0. The van der Waals surface area contributed by atoms with Crippen molar-refractivity contribution in [1.29, 1.82) is 0 Å². The number of likely N-dealkylation sites (N-methyl/N-ethyl adjacent to an activating group) is 1. The molecule has 0 aromatic carbocycles. The number of nitrogens with two attached hydrogens (primary N) is 1. The summed E-state index contributed by atoms with van der Waals surface area (Å²) in [6.07, 6.45) is 4.34. The minimum atomic E-state index is -0.0235. The van der Waals surface area contributed by atoms with Crippen molar-refractivity contribution >= 4 is 5.91 Å². The molecular formula is C14H28N4O. The van der Waals surface area contributed by atoms with Crippen molar-refractivity contribution in [1.82, 2.24) is 15.1 Å². The van der Waals surface area contributed by atoms with E-state index in [0.717, 1.165) is 26.1 Å². The van der Waals surface area contributed by atoms with Crippen LogP contribution in [0.25, 0.3) is 0 Å². The second kappa shape index (κ2) is 7.62. The Balaban J connectivity index is 2.42. The van der Waals surface area contributed by atoms with Crippen LogP contribution in [-0.2, 0) is 4.79 Å². The van der Waals surface area contributed by atoms with E-state index in [2.05, 4.69) is 24.1 Å².